The Bertz CT molecular complexity index is 1210. The van der Waals surface area contributed by atoms with Crippen molar-refractivity contribution in [3.8, 4) is 11.4 Å². The number of carbonyl (C=O) groups is 2. The lowest BCUT2D eigenvalue weighted by Gasteiger charge is -2.12. The molecule has 1 aromatic heterocycles. The maximum absolute atomic E-state index is 14.0. The molecule has 6 nitrogen and oxygen atoms in total. The Labute approximate surface area is 179 Å². The SMILES string of the molecule is COc1cccc(-n2c(C)cc(C=C3NC(=O)N(Cc4ccccc4F)C3=O)c2C)c1. The van der Waals surface area contributed by atoms with Crippen molar-refractivity contribution in [2.75, 3.05) is 7.11 Å². The van der Waals surface area contributed by atoms with Gasteiger partial charge in [0, 0.05) is 28.7 Å². The van der Waals surface area contributed by atoms with E-state index in [1.54, 1.807) is 31.4 Å². The molecule has 0 atom stereocenters. The van der Waals surface area contributed by atoms with Crippen molar-refractivity contribution in [3.05, 3.63) is 88.6 Å². The number of benzene rings is 2. The molecule has 3 amide bonds. The summed E-state index contributed by atoms with van der Waals surface area (Å²) in [6, 6.07) is 15.1. The number of nitrogens with zero attached hydrogens (tertiary/aromatic N) is 2. The van der Waals surface area contributed by atoms with E-state index in [4.69, 9.17) is 4.74 Å². The number of carbonyl (C=O) groups excluding carboxylic acids is 2. The van der Waals surface area contributed by atoms with Gasteiger partial charge in [0.25, 0.3) is 5.91 Å². The Morgan fingerprint density at radius 3 is 2.58 bits per heavy atom. The fraction of sp³-hybridized carbons (Fsp3) is 0.167. The molecule has 1 aliphatic rings. The van der Waals surface area contributed by atoms with E-state index in [0.717, 1.165) is 33.3 Å². The van der Waals surface area contributed by atoms with E-state index < -0.39 is 17.8 Å². The number of urea groups is 1. The van der Waals surface area contributed by atoms with Gasteiger partial charge in [0.1, 0.15) is 17.3 Å². The van der Waals surface area contributed by atoms with Crippen LogP contribution in [0, 0.1) is 19.7 Å². The number of hydrogen-bond donors (Lipinski definition) is 1. The van der Waals surface area contributed by atoms with Crippen molar-refractivity contribution in [1.29, 1.82) is 0 Å². The second kappa shape index (κ2) is 8.10. The first-order chi connectivity index (χ1) is 14.9. The number of hydrogen-bond acceptors (Lipinski definition) is 3. The first kappa shape index (κ1) is 20.4. The number of nitrogens with one attached hydrogen (secondary N) is 1. The van der Waals surface area contributed by atoms with Crippen LogP contribution in [0.2, 0.25) is 0 Å². The Morgan fingerprint density at radius 2 is 1.84 bits per heavy atom. The van der Waals surface area contributed by atoms with Crippen LogP contribution in [0.4, 0.5) is 9.18 Å². The minimum absolute atomic E-state index is 0.127. The van der Waals surface area contributed by atoms with E-state index >= 15 is 0 Å². The van der Waals surface area contributed by atoms with Gasteiger partial charge < -0.3 is 14.6 Å². The smallest absolute Gasteiger partial charge is 0.329 e. The molecular weight excluding hydrogens is 397 g/mol. The Morgan fingerprint density at radius 1 is 1.06 bits per heavy atom. The Balaban J connectivity index is 1.64. The molecule has 7 heteroatoms. The molecule has 1 N–H and O–H groups in total. The summed E-state index contributed by atoms with van der Waals surface area (Å²) in [5.41, 5.74) is 4.06. The minimum Gasteiger partial charge on any atom is -0.497 e. The number of methoxy groups -OCH3 is 1. The molecule has 31 heavy (non-hydrogen) atoms. The van der Waals surface area contributed by atoms with Crippen LogP contribution in [-0.4, -0.2) is 28.5 Å². The summed E-state index contributed by atoms with van der Waals surface area (Å²) in [5.74, 6) is -0.200. The van der Waals surface area contributed by atoms with Gasteiger partial charge in [-0.1, -0.05) is 24.3 Å². The predicted octanol–water partition coefficient (Wildman–Crippen LogP) is 4.33. The van der Waals surface area contributed by atoms with E-state index in [9.17, 15) is 14.0 Å². The molecular formula is C24H22FN3O3. The average Bonchev–Trinajstić information content (AvgIpc) is 3.18. The largest absolute Gasteiger partial charge is 0.497 e. The van der Waals surface area contributed by atoms with E-state index in [0.29, 0.717) is 0 Å². The van der Waals surface area contributed by atoms with Gasteiger partial charge in [0.05, 0.1) is 13.7 Å². The number of ether oxygens (including phenoxy) is 1. The average molecular weight is 419 g/mol. The standard InChI is InChI=1S/C24H22FN3O3/c1-15-11-18(16(2)28(15)19-8-6-9-20(13-19)31-3)12-22-23(29)27(24(30)26-22)14-17-7-4-5-10-21(17)25/h4-13H,14H2,1-3H3,(H,26,30). The van der Waals surface area contributed by atoms with Crippen LogP contribution in [0.3, 0.4) is 0 Å². The molecule has 0 unspecified atom stereocenters. The third-order valence-electron chi connectivity index (χ3n) is 5.33. The quantitative estimate of drug-likeness (QED) is 0.494. The van der Waals surface area contributed by atoms with Gasteiger partial charge in [0.15, 0.2) is 0 Å². The molecule has 1 fully saturated rings. The zero-order valence-corrected chi connectivity index (χ0v) is 17.5. The lowest BCUT2D eigenvalue weighted by atomic mass is 10.2. The van der Waals surface area contributed by atoms with Crippen LogP contribution in [0.25, 0.3) is 11.8 Å². The molecule has 4 rings (SSSR count). The summed E-state index contributed by atoms with van der Waals surface area (Å²) < 4.78 is 21.3. The second-order valence-corrected chi connectivity index (χ2v) is 7.33. The molecule has 1 saturated heterocycles. The highest BCUT2D eigenvalue weighted by Gasteiger charge is 2.34. The number of rotatable bonds is 5. The number of halogens is 1. The molecule has 0 aliphatic carbocycles. The molecule has 2 heterocycles. The van der Waals surface area contributed by atoms with Gasteiger partial charge in [-0.2, -0.15) is 0 Å². The fourth-order valence-corrected chi connectivity index (χ4v) is 3.75. The monoisotopic (exact) mass is 419 g/mol. The molecule has 2 aromatic carbocycles. The fourth-order valence-electron chi connectivity index (χ4n) is 3.75. The molecule has 0 radical (unpaired) electrons. The van der Waals surface area contributed by atoms with Gasteiger partial charge in [-0.05, 0) is 49.8 Å². The van der Waals surface area contributed by atoms with Gasteiger partial charge in [-0.25, -0.2) is 9.18 Å². The zero-order chi connectivity index (χ0) is 22.1. The highest BCUT2D eigenvalue weighted by molar-refractivity contribution is 6.14. The Kier molecular flexibility index (Phi) is 5.33. The Hall–Kier alpha value is -3.87. The summed E-state index contributed by atoms with van der Waals surface area (Å²) in [5, 5.41) is 2.60. The van der Waals surface area contributed by atoms with Crippen LogP contribution >= 0.6 is 0 Å². The second-order valence-electron chi connectivity index (χ2n) is 7.33. The molecule has 0 spiro atoms. The maximum atomic E-state index is 14.0. The minimum atomic E-state index is -0.568. The van der Waals surface area contributed by atoms with Gasteiger partial charge in [-0.15, -0.1) is 0 Å². The normalized spacial score (nSPS) is 15.0. The number of aryl methyl sites for hydroxylation is 1. The van der Waals surface area contributed by atoms with Crippen LogP contribution < -0.4 is 10.1 Å². The zero-order valence-electron chi connectivity index (χ0n) is 17.5. The van der Waals surface area contributed by atoms with Crippen molar-refractivity contribution in [1.82, 2.24) is 14.8 Å². The van der Waals surface area contributed by atoms with Crippen molar-refractivity contribution < 1.29 is 18.7 Å². The summed E-state index contributed by atoms with van der Waals surface area (Å²) in [4.78, 5) is 26.2. The summed E-state index contributed by atoms with van der Waals surface area (Å²) in [6.07, 6.45) is 1.65. The molecule has 3 aromatic rings. The van der Waals surface area contributed by atoms with Gasteiger partial charge in [-0.3, -0.25) is 9.69 Å². The summed E-state index contributed by atoms with van der Waals surface area (Å²) >= 11 is 0. The summed E-state index contributed by atoms with van der Waals surface area (Å²) in [6.45, 7) is 3.78. The van der Waals surface area contributed by atoms with Crippen molar-refractivity contribution in [2.24, 2.45) is 0 Å². The molecule has 0 bridgehead atoms. The third kappa shape index (κ3) is 3.82. The first-order valence-electron chi connectivity index (χ1n) is 9.80. The van der Waals surface area contributed by atoms with E-state index in [1.807, 2.05) is 48.7 Å². The summed E-state index contributed by atoms with van der Waals surface area (Å²) in [7, 11) is 1.62. The maximum Gasteiger partial charge on any atom is 0.329 e. The van der Waals surface area contributed by atoms with Gasteiger partial charge >= 0.3 is 6.03 Å². The van der Waals surface area contributed by atoms with Crippen LogP contribution in [0.1, 0.15) is 22.5 Å². The molecule has 1 aliphatic heterocycles. The van der Waals surface area contributed by atoms with E-state index in [2.05, 4.69) is 5.32 Å². The molecule has 158 valence electrons. The number of amides is 3. The third-order valence-corrected chi connectivity index (χ3v) is 5.33. The first-order valence-corrected chi connectivity index (χ1v) is 9.80. The van der Waals surface area contributed by atoms with Crippen molar-refractivity contribution in [2.45, 2.75) is 20.4 Å². The molecule has 0 saturated carbocycles. The van der Waals surface area contributed by atoms with Crippen LogP contribution in [0.5, 0.6) is 5.75 Å². The van der Waals surface area contributed by atoms with Gasteiger partial charge in [0.2, 0.25) is 0 Å². The topological polar surface area (TPSA) is 63.6 Å². The van der Waals surface area contributed by atoms with E-state index in [1.165, 1.54) is 6.07 Å². The lowest BCUT2D eigenvalue weighted by molar-refractivity contribution is -0.123. The highest BCUT2D eigenvalue weighted by Crippen LogP contribution is 2.26. The number of aromatic nitrogens is 1. The van der Waals surface area contributed by atoms with E-state index in [-0.39, 0.29) is 17.8 Å². The highest BCUT2D eigenvalue weighted by atomic mass is 19.1. The lowest BCUT2D eigenvalue weighted by Crippen LogP contribution is -2.30. The van der Waals surface area contributed by atoms with Crippen molar-refractivity contribution >= 4 is 18.0 Å². The van der Waals surface area contributed by atoms with Crippen LogP contribution in [-0.2, 0) is 11.3 Å². The number of imide groups is 1. The predicted molar refractivity (Wildman–Crippen MR) is 115 cm³/mol. The van der Waals surface area contributed by atoms with Crippen LogP contribution in [0.15, 0.2) is 60.3 Å². The van der Waals surface area contributed by atoms with Crippen molar-refractivity contribution in [3.63, 3.8) is 0 Å².